The second kappa shape index (κ2) is 5.06. The van der Waals surface area contributed by atoms with E-state index in [9.17, 15) is 9.90 Å². The van der Waals surface area contributed by atoms with Crippen LogP contribution in [0.2, 0.25) is 0 Å². The van der Waals surface area contributed by atoms with Gasteiger partial charge in [-0.05, 0) is 27.2 Å². The van der Waals surface area contributed by atoms with Gasteiger partial charge in [0, 0.05) is 6.61 Å². The molecule has 2 N–H and O–H groups in total. The molecular formula is C12H21NO4. The van der Waals surface area contributed by atoms with Crippen LogP contribution in [-0.4, -0.2) is 41.7 Å². The Morgan fingerprint density at radius 3 is 2.71 bits per heavy atom. The Morgan fingerprint density at radius 1 is 1.65 bits per heavy atom. The van der Waals surface area contributed by atoms with Gasteiger partial charge >= 0.3 is 6.09 Å². The van der Waals surface area contributed by atoms with Crippen LogP contribution in [0.4, 0.5) is 4.79 Å². The zero-order chi connectivity index (χ0) is 13.1. The van der Waals surface area contributed by atoms with Gasteiger partial charge in [0.2, 0.25) is 0 Å². The second-order valence-corrected chi connectivity index (χ2v) is 5.27. The lowest BCUT2D eigenvalue weighted by molar-refractivity contribution is 0.0279. The van der Waals surface area contributed by atoms with Crippen LogP contribution in [0.15, 0.2) is 12.7 Å². The summed E-state index contributed by atoms with van der Waals surface area (Å²) in [6, 6.07) is 0. The summed E-state index contributed by atoms with van der Waals surface area (Å²) in [6.07, 6.45) is 0.535. The number of carbonyl (C=O) groups excluding carboxylic acids is 1. The van der Waals surface area contributed by atoms with Crippen molar-refractivity contribution < 1.29 is 19.4 Å². The highest BCUT2D eigenvalue weighted by molar-refractivity contribution is 5.69. The molecule has 17 heavy (non-hydrogen) atoms. The molecule has 2 atom stereocenters. The molecule has 5 nitrogen and oxygen atoms in total. The van der Waals surface area contributed by atoms with Crippen LogP contribution in [0, 0.1) is 0 Å². The average Bonchev–Trinajstić information content (AvgIpc) is 2.63. The van der Waals surface area contributed by atoms with Gasteiger partial charge in [0.1, 0.15) is 5.60 Å². The first-order valence-electron chi connectivity index (χ1n) is 5.69. The maximum atomic E-state index is 11.7. The molecule has 98 valence electrons. The molecule has 0 aromatic heterocycles. The summed E-state index contributed by atoms with van der Waals surface area (Å²) in [6.45, 7) is 9.66. The summed E-state index contributed by atoms with van der Waals surface area (Å²) in [5.74, 6) is 0. The number of rotatable bonds is 3. The van der Waals surface area contributed by atoms with Crippen LogP contribution in [0.3, 0.4) is 0 Å². The van der Waals surface area contributed by atoms with E-state index in [2.05, 4.69) is 11.9 Å². The zero-order valence-electron chi connectivity index (χ0n) is 10.7. The Bertz CT molecular complexity index is 289. The number of alkyl carbamates (subject to hydrolysis) is 1. The molecule has 1 aliphatic heterocycles. The predicted molar refractivity (Wildman–Crippen MR) is 63.7 cm³/mol. The first-order chi connectivity index (χ1) is 7.79. The van der Waals surface area contributed by atoms with Gasteiger partial charge in [-0.1, -0.05) is 6.08 Å². The van der Waals surface area contributed by atoms with Crippen molar-refractivity contribution in [3.63, 3.8) is 0 Å². The van der Waals surface area contributed by atoms with E-state index < -0.39 is 23.3 Å². The summed E-state index contributed by atoms with van der Waals surface area (Å²) in [5, 5.41) is 12.6. The van der Waals surface area contributed by atoms with E-state index in [4.69, 9.17) is 9.47 Å². The van der Waals surface area contributed by atoms with E-state index in [1.165, 1.54) is 6.08 Å². The van der Waals surface area contributed by atoms with Gasteiger partial charge < -0.3 is 19.9 Å². The third-order valence-electron chi connectivity index (χ3n) is 2.59. The van der Waals surface area contributed by atoms with Gasteiger partial charge in [0.15, 0.2) is 0 Å². The van der Waals surface area contributed by atoms with Crippen LogP contribution in [0.1, 0.15) is 27.2 Å². The van der Waals surface area contributed by atoms with Gasteiger partial charge in [0.25, 0.3) is 0 Å². The van der Waals surface area contributed by atoms with Crippen LogP contribution >= 0.6 is 0 Å². The monoisotopic (exact) mass is 243 g/mol. The Labute approximate surface area is 102 Å². The standard InChI is InChI=1S/C12H21NO4/c1-5-9(14)12(6-7-16-8-12)13-10(15)17-11(2,3)4/h5,9,14H,1,6-8H2,2-4H3,(H,13,15). The maximum Gasteiger partial charge on any atom is 0.408 e. The van der Waals surface area contributed by atoms with Crippen LogP contribution in [-0.2, 0) is 9.47 Å². The highest BCUT2D eigenvalue weighted by Gasteiger charge is 2.42. The van der Waals surface area contributed by atoms with Crippen molar-refractivity contribution >= 4 is 6.09 Å². The molecule has 5 heteroatoms. The molecule has 0 aliphatic carbocycles. The highest BCUT2D eigenvalue weighted by Crippen LogP contribution is 2.24. The van der Waals surface area contributed by atoms with Crippen molar-refractivity contribution in [3.05, 3.63) is 12.7 Å². The molecule has 0 aromatic rings. The molecular weight excluding hydrogens is 222 g/mol. The number of hydrogen-bond acceptors (Lipinski definition) is 4. The second-order valence-electron chi connectivity index (χ2n) is 5.27. The molecule has 0 aromatic carbocycles. The summed E-state index contributed by atoms with van der Waals surface area (Å²) in [5.41, 5.74) is -1.38. The Kier molecular flexibility index (Phi) is 4.16. The van der Waals surface area contributed by atoms with Crippen LogP contribution < -0.4 is 5.32 Å². The lowest BCUT2D eigenvalue weighted by Gasteiger charge is -2.33. The van der Waals surface area contributed by atoms with Gasteiger partial charge in [-0.2, -0.15) is 0 Å². The zero-order valence-corrected chi connectivity index (χ0v) is 10.7. The Hall–Kier alpha value is -1.07. The number of amides is 1. The predicted octanol–water partition coefficient (Wildman–Crippen LogP) is 1.22. The minimum Gasteiger partial charge on any atom is -0.444 e. The topological polar surface area (TPSA) is 67.8 Å². The maximum absolute atomic E-state index is 11.7. The van der Waals surface area contributed by atoms with Crippen molar-refractivity contribution in [3.8, 4) is 0 Å². The molecule has 0 saturated carbocycles. The minimum absolute atomic E-state index is 0.263. The lowest BCUT2D eigenvalue weighted by Crippen LogP contribution is -2.57. The van der Waals surface area contributed by atoms with Gasteiger partial charge in [-0.3, -0.25) is 0 Å². The van der Waals surface area contributed by atoms with Crippen LogP contribution in [0.5, 0.6) is 0 Å². The largest absolute Gasteiger partial charge is 0.444 e. The molecule has 1 amide bonds. The molecule has 2 unspecified atom stereocenters. The van der Waals surface area contributed by atoms with Gasteiger partial charge in [-0.25, -0.2) is 4.79 Å². The van der Waals surface area contributed by atoms with E-state index in [-0.39, 0.29) is 6.61 Å². The quantitative estimate of drug-likeness (QED) is 0.731. The number of aliphatic hydroxyl groups is 1. The molecule has 0 radical (unpaired) electrons. The van der Waals surface area contributed by atoms with E-state index in [1.54, 1.807) is 20.8 Å². The van der Waals surface area contributed by atoms with Crippen molar-refractivity contribution in [1.29, 1.82) is 0 Å². The summed E-state index contributed by atoms with van der Waals surface area (Å²) < 4.78 is 10.4. The number of nitrogens with one attached hydrogen (secondary N) is 1. The first-order valence-corrected chi connectivity index (χ1v) is 5.69. The fourth-order valence-electron chi connectivity index (χ4n) is 1.72. The van der Waals surface area contributed by atoms with Gasteiger partial charge in [0.05, 0.1) is 18.2 Å². The van der Waals surface area contributed by atoms with Crippen molar-refractivity contribution in [2.45, 2.75) is 44.4 Å². The third kappa shape index (κ3) is 3.71. The molecule has 1 aliphatic rings. The first kappa shape index (κ1) is 14.0. The lowest BCUT2D eigenvalue weighted by atomic mass is 9.91. The number of ether oxygens (including phenoxy) is 2. The van der Waals surface area contributed by atoms with E-state index in [1.807, 2.05) is 0 Å². The van der Waals surface area contributed by atoms with E-state index in [0.29, 0.717) is 13.0 Å². The average molecular weight is 243 g/mol. The molecule has 1 saturated heterocycles. The van der Waals surface area contributed by atoms with Crippen molar-refractivity contribution in [2.24, 2.45) is 0 Å². The number of aliphatic hydroxyl groups excluding tert-OH is 1. The normalized spacial score (nSPS) is 26.4. The fraction of sp³-hybridized carbons (Fsp3) is 0.750. The van der Waals surface area contributed by atoms with E-state index in [0.717, 1.165) is 0 Å². The van der Waals surface area contributed by atoms with Crippen LogP contribution in [0.25, 0.3) is 0 Å². The molecule has 0 spiro atoms. The summed E-state index contributed by atoms with van der Waals surface area (Å²) >= 11 is 0. The number of carbonyl (C=O) groups is 1. The summed E-state index contributed by atoms with van der Waals surface area (Å²) in [7, 11) is 0. The smallest absolute Gasteiger partial charge is 0.408 e. The SMILES string of the molecule is C=CC(O)C1(NC(=O)OC(C)(C)C)CCOC1. The molecule has 1 rings (SSSR count). The number of hydrogen-bond donors (Lipinski definition) is 2. The third-order valence-corrected chi connectivity index (χ3v) is 2.59. The molecule has 0 bridgehead atoms. The fourth-order valence-corrected chi connectivity index (χ4v) is 1.72. The molecule has 1 fully saturated rings. The van der Waals surface area contributed by atoms with E-state index >= 15 is 0 Å². The summed E-state index contributed by atoms with van der Waals surface area (Å²) in [4.78, 5) is 11.7. The highest BCUT2D eigenvalue weighted by atomic mass is 16.6. The minimum atomic E-state index is -0.850. The Balaban J connectivity index is 2.68. The molecule has 1 heterocycles. The van der Waals surface area contributed by atoms with Crippen molar-refractivity contribution in [2.75, 3.05) is 13.2 Å². The van der Waals surface area contributed by atoms with Crippen molar-refractivity contribution in [1.82, 2.24) is 5.32 Å². The Morgan fingerprint density at radius 2 is 2.29 bits per heavy atom. The van der Waals surface area contributed by atoms with Gasteiger partial charge in [-0.15, -0.1) is 6.58 Å².